The van der Waals surface area contributed by atoms with Crippen molar-refractivity contribution < 1.29 is 0 Å². The van der Waals surface area contributed by atoms with E-state index in [-0.39, 0.29) is 0 Å². The molecule has 2 aromatic carbocycles. The first-order chi connectivity index (χ1) is 8.24. The molecule has 0 aromatic heterocycles. The first kappa shape index (κ1) is 11.4. The van der Waals surface area contributed by atoms with E-state index in [1.54, 1.807) is 0 Å². The lowest BCUT2D eigenvalue weighted by atomic mass is 9.98. The smallest absolute Gasteiger partial charge is 0.0178 e. The summed E-state index contributed by atoms with van der Waals surface area (Å²) in [6.45, 7) is 9.76. The summed E-state index contributed by atoms with van der Waals surface area (Å²) in [4.78, 5) is 0. The number of hydrogen-bond acceptors (Lipinski definition) is 0. The molecule has 0 heteroatoms. The van der Waals surface area contributed by atoms with Crippen LogP contribution in [0.2, 0.25) is 0 Å². The van der Waals surface area contributed by atoms with Gasteiger partial charge in [0.15, 0.2) is 0 Å². The van der Waals surface area contributed by atoms with Gasteiger partial charge >= 0.3 is 0 Å². The van der Waals surface area contributed by atoms with Crippen LogP contribution in [0.1, 0.15) is 16.7 Å². The van der Waals surface area contributed by atoms with Crippen LogP contribution in [-0.2, 0) is 0 Å². The van der Waals surface area contributed by atoms with Gasteiger partial charge < -0.3 is 0 Å². The third-order valence-corrected chi connectivity index (χ3v) is 2.88. The zero-order valence-electron chi connectivity index (χ0n) is 10.1. The van der Waals surface area contributed by atoms with Crippen LogP contribution in [-0.4, -0.2) is 0 Å². The number of benzene rings is 2. The average Bonchev–Trinajstić information content (AvgIpc) is 2.38. The van der Waals surface area contributed by atoms with E-state index >= 15 is 0 Å². The van der Waals surface area contributed by atoms with Crippen molar-refractivity contribution in [3.05, 3.63) is 72.3 Å². The second-order valence-electron chi connectivity index (χ2n) is 4.12. The van der Waals surface area contributed by atoms with E-state index < -0.39 is 0 Å². The third kappa shape index (κ3) is 2.36. The van der Waals surface area contributed by atoms with Gasteiger partial charge in [0, 0.05) is 0 Å². The minimum atomic E-state index is 1.12. The Morgan fingerprint density at radius 3 is 2.18 bits per heavy atom. The largest absolute Gasteiger partial charge is 0.0984 e. The fourth-order valence-corrected chi connectivity index (χ4v) is 1.94. The highest BCUT2D eigenvalue weighted by atomic mass is 14.1. The van der Waals surface area contributed by atoms with Gasteiger partial charge in [-0.05, 0) is 35.2 Å². The van der Waals surface area contributed by atoms with Crippen LogP contribution in [0.5, 0.6) is 0 Å². The molecular formula is C17H16. The van der Waals surface area contributed by atoms with E-state index in [0.717, 1.165) is 11.1 Å². The lowest BCUT2D eigenvalue weighted by molar-refractivity contribution is 1.46. The van der Waals surface area contributed by atoms with Crippen LogP contribution >= 0.6 is 0 Å². The molecule has 0 nitrogen and oxygen atoms in total. The van der Waals surface area contributed by atoms with Crippen molar-refractivity contribution in [3.8, 4) is 11.1 Å². The zero-order valence-corrected chi connectivity index (χ0v) is 10.1. The Bertz CT molecular complexity index is 562. The Morgan fingerprint density at radius 2 is 1.53 bits per heavy atom. The van der Waals surface area contributed by atoms with E-state index in [2.05, 4.69) is 62.5 Å². The van der Waals surface area contributed by atoms with E-state index in [9.17, 15) is 0 Å². The minimum Gasteiger partial charge on any atom is -0.0984 e. The third-order valence-electron chi connectivity index (χ3n) is 2.88. The number of rotatable bonds is 3. The van der Waals surface area contributed by atoms with Crippen molar-refractivity contribution >= 4 is 12.2 Å². The molecule has 0 aliphatic heterocycles. The summed E-state index contributed by atoms with van der Waals surface area (Å²) in [5.74, 6) is 0. The maximum Gasteiger partial charge on any atom is -0.0178 e. The molecule has 0 amide bonds. The summed E-state index contributed by atoms with van der Waals surface area (Å²) >= 11 is 0. The summed E-state index contributed by atoms with van der Waals surface area (Å²) in [7, 11) is 0. The standard InChI is InChI=1S/C17H16/c1-4-14-9-10-17(12-15(14)5-2)16-8-6-7-13(3)11-16/h4-12H,1-2H2,3H3. The van der Waals surface area contributed by atoms with Crippen molar-refractivity contribution in [2.75, 3.05) is 0 Å². The molecule has 0 radical (unpaired) electrons. The second-order valence-corrected chi connectivity index (χ2v) is 4.12. The quantitative estimate of drug-likeness (QED) is 0.686. The van der Waals surface area contributed by atoms with Gasteiger partial charge in [-0.25, -0.2) is 0 Å². The Balaban J connectivity index is 2.53. The number of aryl methyl sites for hydroxylation is 1. The van der Waals surface area contributed by atoms with Crippen LogP contribution in [0, 0.1) is 6.92 Å². The van der Waals surface area contributed by atoms with Gasteiger partial charge in [-0.15, -0.1) is 0 Å². The molecule has 0 unspecified atom stereocenters. The lowest BCUT2D eigenvalue weighted by Crippen LogP contribution is -1.84. The van der Waals surface area contributed by atoms with E-state index in [4.69, 9.17) is 0 Å². The maximum absolute atomic E-state index is 3.84. The molecule has 0 bridgehead atoms. The minimum absolute atomic E-state index is 1.12. The Hall–Kier alpha value is -2.08. The van der Waals surface area contributed by atoms with Crippen LogP contribution in [0.25, 0.3) is 23.3 Å². The molecule has 0 aliphatic rings. The fraction of sp³-hybridized carbons (Fsp3) is 0.0588. The fourth-order valence-electron chi connectivity index (χ4n) is 1.94. The molecule has 0 aliphatic carbocycles. The van der Waals surface area contributed by atoms with Crippen molar-refractivity contribution in [3.63, 3.8) is 0 Å². The summed E-state index contributed by atoms with van der Waals surface area (Å²) in [6.07, 6.45) is 3.73. The predicted octanol–water partition coefficient (Wildman–Crippen LogP) is 4.95. The summed E-state index contributed by atoms with van der Waals surface area (Å²) in [5.41, 5.74) is 5.98. The van der Waals surface area contributed by atoms with Crippen LogP contribution < -0.4 is 0 Å². The summed E-state index contributed by atoms with van der Waals surface area (Å²) in [5, 5.41) is 0. The normalized spacial score (nSPS) is 9.94. The van der Waals surface area contributed by atoms with E-state index in [0.29, 0.717) is 0 Å². The molecule has 84 valence electrons. The van der Waals surface area contributed by atoms with Crippen molar-refractivity contribution in [1.82, 2.24) is 0 Å². The predicted molar refractivity (Wildman–Crippen MR) is 76.8 cm³/mol. The molecule has 2 rings (SSSR count). The van der Waals surface area contributed by atoms with Gasteiger partial charge in [0.2, 0.25) is 0 Å². The van der Waals surface area contributed by atoms with Gasteiger partial charge in [0.05, 0.1) is 0 Å². The monoisotopic (exact) mass is 220 g/mol. The van der Waals surface area contributed by atoms with Crippen LogP contribution in [0.15, 0.2) is 55.6 Å². The van der Waals surface area contributed by atoms with E-state index in [1.165, 1.54) is 16.7 Å². The Kier molecular flexibility index (Phi) is 3.24. The Labute approximate surface area is 103 Å². The highest BCUT2D eigenvalue weighted by Crippen LogP contribution is 2.24. The zero-order chi connectivity index (χ0) is 12.3. The lowest BCUT2D eigenvalue weighted by Gasteiger charge is -2.07. The van der Waals surface area contributed by atoms with Crippen molar-refractivity contribution in [1.29, 1.82) is 0 Å². The van der Waals surface area contributed by atoms with Gasteiger partial charge in [-0.1, -0.05) is 67.3 Å². The van der Waals surface area contributed by atoms with Gasteiger partial charge in [0.25, 0.3) is 0 Å². The molecule has 0 atom stereocenters. The van der Waals surface area contributed by atoms with Crippen LogP contribution in [0.3, 0.4) is 0 Å². The highest BCUT2D eigenvalue weighted by molar-refractivity contribution is 5.73. The molecule has 2 aromatic rings. The Morgan fingerprint density at radius 1 is 0.824 bits per heavy atom. The molecule has 0 fully saturated rings. The molecule has 0 spiro atoms. The van der Waals surface area contributed by atoms with Crippen molar-refractivity contribution in [2.24, 2.45) is 0 Å². The van der Waals surface area contributed by atoms with Crippen molar-refractivity contribution in [2.45, 2.75) is 6.92 Å². The maximum atomic E-state index is 3.84. The van der Waals surface area contributed by atoms with Gasteiger partial charge in [-0.3, -0.25) is 0 Å². The topological polar surface area (TPSA) is 0 Å². The molecule has 0 N–H and O–H groups in total. The SMILES string of the molecule is C=Cc1ccc(-c2cccc(C)c2)cc1C=C. The molecule has 0 saturated heterocycles. The number of hydrogen-bond donors (Lipinski definition) is 0. The van der Waals surface area contributed by atoms with Crippen LogP contribution in [0.4, 0.5) is 0 Å². The first-order valence-corrected chi connectivity index (χ1v) is 5.70. The van der Waals surface area contributed by atoms with Gasteiger partial charge in [-0.2, -0.15) is 0 Å². The second kappa shape index (κ2) is 4.84. The molecule has 17 heavy (non-hydrogen) atoms. The first-order valence-electron chi connectivity index (χ1n) is 5.70. The summed E-state index contributed by atoms with van der Waals surface area (Å²) in [6, 6.07) is 14.9. The van der Waals surface area contributed by atoms with Gasteiger partial charge in [0.1, 0.15) is 0 Å². The average molecular weight is 220 g/mol. The molecule has 0 heterocycles. The molecule has 0 saturated carbocycles. The highest BCUT2D eigenvalue weighted by Gasteiger charge is 2.01. The van der Waals surface area contributed by atoms with E-state index in [1.807, 2.05) is 12.2 Å². The molecular weight excluding hydrogens is 204 g/mol. The summed E-state index contributed by atoms with van der Waals surface area (Å²) < 4.78 is 0.